The minimum absolute atomic E-state index is 1.00. The van der Waals surface area contributed by atoms with Crippen molar-refractivity contribution < 1.29 is 0 Å². The molecule has 4 heteroatoms. The molecule has 2 nitrogen and oxygen atoms in total. The highest BCUT2D eigenvalue weighted by Crippen LogP contribution is 2.39. The zero-order valence-corrected chi connectivity index (χ0v) is 16.6. The Kier molecular flexibility index (Phi) is 3.22. The molecule has 3 heterocycles. The molecular formula is C23H13BrN2S. The summed E-state index contributed by atoms with van der Waals surface area (Å²) in [4.78, 5) is 4.83. The number of rotatable bonds is 1. The molecule has 0 bridgehead atoms. The van der Waals surface area contributed by atoms with E-state index in [0.717, 1.165) is 10.3 Å². The Morgan fingerprint density at radius 2 is 1.52 bits per heavy atom. The Balaban J connectivity index is 1.83. The Morgan fingerprint density at radius 3 is 2.44 bits per heavy atom. The predicted molar refractivity (Wildman–Crippen MR) is 119 cm³/mol. The summed E-state index contributed by atoms with van der Waals surface area (Å²) >= 11 is 5.44. The van der Waals surface area contributed by atoms with Gasteiger partial charge in [-0.25, -0.2) is 4.98 Å². The van der Waals surface area contributed by atoms with Crippen LogP contribution in [0.2, 0.25) is 0 Å². The predicted octanol–water partition coefficient (Wildman–Crippen LogP) is 7.31. The fourth-order valence-corrected chi connectivity index (χ4v) is 5.51. The van der Waals surface area contributed by atoms with Crippen molar-refractivity contribution in [2.75, 3.05) is 0 Å². The summed E-state index contributed by atoms with van der Waals surface area (Å²) in [6.45, 7) is 0. The molecule has 0 amide bonds. The molecule has 6 rings (SSSR count). The van der Waals surface area contributed by atoms with E-state index in [9.17, 15) is 0 Å². The van der Waals surface area contributed by atoms with Crippen LogP contribution in [0, 0.1) is 0 Å². The van der Waals surface area contributed by atoms with Crippen LogP contribution in [0.4, 0.5) is 0 Å². The van der Waals surface area contributed by atoms with Gasteiger partial charge in [0.25, 0.3) is 0 Å². The summed E-state index contributed by atoms with van der Waals surface area (Å²) in [6.07, 6.45) is 1.93. The number of pyridine rings is 1. The van der Waals surface area contributed by atoms with Gasteiger partial charge in [0, 0.05) is 36.9 Å². The number of hydrogen-bond acceptors (Lipinski definition) is 2. The van der Waals surface area contributed by atoms with Gasteiger partial charge < -0.3 is 0 Å². The highest BCUT2D eigenvalue weighted by atomic mass is 79.9. The lowest BCUT2D eigenvalue weighted by atomic mass is 10.2. The summed E-state index contributed by atoms with van der Waals surface area (Å²) in [5.74, 6) is 1.00. The van der Waals surface area contributed by atoms with Gasteiger partial charge in [-0.2, -0.15) is 0 Å². The molecule has 0 atom stereocenters. The maximum absolute atomic E-state index is 4.83. The third kappa shape index (κ3) is 2.14. The fourth-order valence-electron chi connectivity index (χ4n) is 3.97. The molecule has 3 aromatic carbocycles. The van der Waals surface area contributed by atoms with Crippen LogP contribution in [0.15, 0.2) is 83.5 Å². The Morgan fingerprint density at radius 1 is 0.741 bits per heavy atom. The van der Waals surface area contributed by atoms with Gasteiger partial charge in [0.2, 0.25) is 0 Å². The molecule has 0 radical (unpaired) electrons. The van der Waals surface area contributed by atoms with Gasteiger partial charge in [-0.15, -0.1) is 11.3 Å². The van der Waals surface area contributed by atoms with E-state index in [1.54, 1.807) is 0 Å². The summed E-state index contributed by atoms with van der Waals surface area (Å²) in [5.41, 5.74) is 2.36. The number of halogens is 1. The third-order valence-corrected chi connectivity index (χ3v) is 6.80. The molecule has 27 heavy (non-hydrogen) atoms. The smallest absolute Gasteiger partial charge is 0.155 e. The number of benzene rings is 3. The number of fused-ring (bicyclic) bond motifs is 6. The lowest BCUT2D eigenvalue weighted by Crippen LogP contribution is -1.96. The monoisotopic (exact) mass is 428 g/mol. The van der Waals surface area contributed by atoms with Crippen molar-refractivity contribution in [1.82, 2.24) is 9.55 Å². The maximum Gasteiger partial charge on any atom is 0.155 e. The Bertz CT molecular complexity index is 1490. The molecule has 128 valence electrons. The number of thiophene rings is 1. The van der Waals surface area contributed by atoms with Crippen molar-refractivity contribution in [3.8, 4) is 5.82 Å². The van der Waals surface area contributed by atoms with E-state index in [4.69, 9.17) is 4.98 Å². The van der Waals surface area contributed by atoms with E-state index in [0.29, 0.717) is 0 Å². The highest BCUT2D eigenvalue weighted by Gasteiger charge is 2.17. The van der Waals surface area contributed by atoms with Gasteiger partial charge in [0.15, 0.2) is 5.82 Å². The standard InChI is InChI=1S/C23H13BrN2S/c24-14-9-10-20-18(13-14)15-5-1-3-7-19(15)26(20)23-22-17(11-12-25-23)16-6-2-4-8-21(16)27-22/h1-13H. The lowest BCUT2D eigenvalue weighted by Gasteiger charge is -2.08. The van der Waals surface area contributed by atoms with Crippen LogP contribution in [-0.4, -0.2) is 9.55 Å². The molecule has 0 aliphatic carbocycles. The Hall–Kier alpha value is -2.69. The summed E-state index contributed by atoms with van der Waals surface area (Å²) in [7, 11) is 0. The maximum atomic E-state index is 4.83. The van der Waals surface area contributed by atoms with E-state index >= 15 is 0 Å². The quantitative estimate of drug-likeness (QED) is 0.268. The highest BCUT2D eigenvalue weighted by molar-refractivity contribution is 9.10. The van der Waals surface area contributed by atoms with Gasteiger partial charge in [0.1, 0.15) is 0 Å². The van der Waals surface area contributed by atoms with Crippen molar-refractivity contribution in [2.24, 2.45) is 0 Å². The van der Waals surface area contributed by atoms with Crippen LogP contribution < -0.4 is 0 Å². The van der Waals surface area contributed by atoms with Crippen molar-refractivity contribution >= 4 is 69.2 Å². The van der Waals surface area contributed by atoms with Crippen molar-refractivity contribution in [2.45, 2.75) is 0 Å². The number of para-hydroxylation sites is 1. The summed E-state index contributed by atoms with van der Waals surface area (Å²) < 4.78 is 5.91. The SMILES string of the molecule is Brc1ccc2c(c1)c1ccccc1n2-c1nccc2c1sc1ccccc12. The third-order valence-electron chi connectivity index (χ3n) is 5.12. The fraction of sp³-hybridized carbons (Fsp3) is 0. The second-order valence-corrected chi connectivity index (χ2v) is 8.59. The number of aromatic nitrogens is 2. The molecule has 0 fully saturated rings. The molecule has 0 N–H and O–H groups in total. The second kappa shape index (κ2) is 5.65. The van der Waals surface area contributed by atoms with Gasteiger partial charge in [-0.05, 0) is 36.4 Å². The van der Waals surface area contributed by atoms with Crippen LogP contribution in [0.1, 0.15) is 0 Å². The van der Waals surface area contributed by atoms with Crippen LogP contribution in [0.5, 0.6) is 0 Å². The van der Waals surface area contributed by atoms with Gasteiger partial charge in [0.05, 0.1) is 15.7 Å². The molecular weight excluding hydrogens is 416 g/mol. The molecule has 0 saturated carbocycles. The summed E-state index contributed by atoms with van der Waals surface area (Å²) in [5, 5.41) is 5.04. The average molecular weight is 429 g/mol. The largest absolute Gasteiger partial charge is 0.293 e. The molecule has 0 aliphatic rings. The van der Waals surface area contributed by atoms with Crippen molar-refractivity contribution in [1.29, 1.82) is 0 Å². The van der Waals surface area contributed by atoms with Crippen LogP contribution >= 0.6 is 27.3 Å². The topological polar surface area (TPSA) is 17.8 Å². The lowest BCUT2D eigenvalue weighted by molar-refractivity contribution is 1.10. The van der Waals surface area contributed by atoms with Crippen LogP contribution in [0.25, 0.3) is 47.8 Å². The minimum Gasteiger partial charge on any atom is -0.293 e. The van der Waals surface area contributed by atoms with E-state index in [-0.39, 0.29) is 0 Å². The first-order valence-electron chi connectivity index (χ1n) is 8.76. The normalized spacial score (nSPS) is 11.9. The van der Waals surface area contributed by atoms with Gasteiger partial charge in [-0.3, -0.25) is 4.57 Å². The second-order valence-electron chi connectivity index (χ2n) is 6.62. The van der Waals surface area contributed by atoms with Crippen molar-refractivity contribution in [3.05, 3.63) is 83.5 Å². The first kappa shape index (κ1) is 15.4. The first-order valence-corrected chi connectivity index (χ1v) is 10.4. The van der Waals surface area contributed by atoms with E-state index in [1.807, 2.05) is 17.5 Å². The minimum atomic E-state index is 1.00. The van der Waals surface area contributed by atoms with Crippen LogP contribution in [0.3, 0.4) is 0 Å². The number of hydrogen-bond donors (Lipinski definition) is 0. The molecule has 0 saturated heterocycles. The number of nitrogens with zero attached hydrogens (tertiary/aromatic N) is 2. The molecule has 0 unspecified atom stereocenters. The zero-order chi connectivity index (χ0) is 18.0. The molecule has 0 aliphatic heterocycles. The van der Waals surface area contributed by atoms with Crippen LogP contribution in [-0.2, 0) is 0 Å². The first-order chi connectivity index (χ1) is 13.3. The molecule has 6 aromatic rings. The molecule has 3 aromatic heterocycles. The van der Waals surface area contributed by atoms with Crippen molar-refractivity contribution in [3.63, 3.8) is 0 Å². The Labute approximate surface area is 167 Å². The van der Waals surface area contributed by atoms with E-state index in [2.05, 4.69) is 93.3 Å². The van der Waals surface area contributed by atoms with Gasteiger partial charge >= 0.3 is 0 Å². The summed E-state index contributed by atoms with van der Waals surface area (Å²) in [6, 6.07) is 25.7. The van der Waals surface area contributed by atoms with E-state index < -0.39 is 0 Å². The molecule has 0 spiro atoms. The van der Waals surface area contributed by atoms with E-state index in [1.165, 1.54) is 42.0 Å². The average Bonchev–Trinajstić information content (AvgIpc) is 3.24. The zero-order valence-electron chi connectivity index (χ0n) is 14.2. The van der Waals surface area contributed by atoms with Gasteiger partial charge in [-0.1, -0.05) is 52.3 Å².